The number of benzene rings is 1. The molecule has 2 N–H and O–H groups in total. The molecule has 16 heavy (non-hydrogen) atoms. The summed E-state index contributed by atoms with van der Waals surface area (Å²) in [6.45, 7) is 4.34. The van der Waals surface area contributed by atoms with Crippen molar-refractivity contribution in [1.29, 1.82) is 0 Å². The summed E-state index contributed by atoms with van der Waals surface area (Å²) in [6.07, 6.45) is 3.35. The fourth-order valence-corrected chi connectivity index (χ4v) is 1.96. The summed E-state index contributed by atoms with van der Waals surface area (Å²) in [7, 11) is 2.14. The van der Waals surface area contributed by atoms with E-state index in [9.17, 15) is 0 Å². The highest BCUT2D eigenvalue weighted by Gasteiger charge is 2.06. The number of hydrogen-bond donors (Lipinski definition) is 1. The molecule has 0 heterocycles. The van der Waals surface area contributed by atoms with Gasteiger partial charge in [-0.25, -0.2) is 0 Å². The van der Waals surface area contributed by atoms with E-state index in [1.807, 2.05) is 0 Å². The molecule has 0 radical (unpaired) electrons. The van der Waals surface area contributed by atoms with Crippen LogP contribution in [0.5, 0.6) is 0 Å². The van der Waals surface area contributed by atoms with Crippen molar-refractivity contribution in [3.05, 3.63) is 35.9 Å². The molecule has 2 nitrogen and oxygen atoms in total. The molecule has 0 saturated heterocycles. The Labute approximate surface area is 99.5 Å². The molecule has 0 aromatic heterocycles. The second kappa shape index (κ2) is 7.42. The lowest BCUT2D eigenvalue weighted by molar-refractivity contribution is 0.305. The fourth-order valence-electron chi connectivity index (χ4n) is 1.96. The van der Waals surface area contributed by atoms with E-state index in [2.05, 4.69) is 49.2 Å². The average Bonchev–Trinajstić information content (AvgIpc) is 2.28. The van der Waals surface area contributed by atoms with Crippen LogP contribution in [-0.4, -0.2) is 31.1 Å². The lowest BCUT2D eigenvalue weighted by Crippen LogP contribution is -2.35. The fraction of sp³-hybridized carbons (Fsp3) is 0.571. The maximum atomic E-state index is 6.11. The van der Waals surface area contributed by atoms with Gasteiger partial charge in [-0.15, -0.1) is 0 Å². The Bertz CT molecular complexity index is 271. The first-order chi connectivity index (χ1) is 7.72. The van der Waals surface area contributed by atoms with Crippen LogP contribution in [-0.2, 0) is 6.42 Å². The number of hydrogen-bond acceptors (Lipinski definition) is 2. The first-order valence-electron chi connectivity index (χ1n) is 6.20. The molecule has 0 amide bonds. The van der Waals surface area contributed by atoms with Crippen molar-refractivity contribution in [2.45, 2.75) is 32.2 Å². The number of likely N-dealkylation sites (N-methyl/N-ethyl adjacent to an activating group) is 1. The minimum Gasteiger partial charge on any atom is -0.327 e. The van der Waals surface area contributed by atoms with Gasteiger partial charge < -0.3 is 10.6 Å². The van der Waals surface area contributed by atoms with Crippen LogP contribution in [0.1, 0.15) is 25.3 Å². The predicted molar refractivity (Wildman–Crippen MR) is 70.5 cm³/mol. The van der Waals surface area contributed by atoms with Crippen LogP contribution in [0.2, 0.25) is 0 Å². The molecule has 0 bridgehead atoms. The SMILES string of the molecule is CCCN(C)CC(N)CCc1ccccc1. The van der Waals surface area contributed by atoms with E-state index in [0.717, 1.165) is 25.9 Å². The van der Waals surface area contributed by atoms with Crippen LogP contribution in [0.4, 0.5) is 0 Å². The monoisotopic (exact) mass is 220 g/mol. The van der Waals surface area contributed by atoms with E-state index in [4.69, 9.17) is 5.73 Å². The lowest BCUT2D eigenvalue weighted by Gasteiger charge is -2.20. The van der Waals surface area contributed by atoms with Gasteiger partial charge in [-0.2, -0.15) is 0 Å². The summed E-state index contributed by atoms with van der Waals surface area (Å²) in [5, 5.41) is 0. The van der Waals surface area contributed by atoms with Gasteiger partial charge >= 0.3 is 0 Å². The van der Waals surface area contributed by atoms with Gasteiger partial charge in [0.15, 0.2) is 0 Å². The van der Waals surface area contributed by atoms with Crippen LogP contribution >= 0.6 is 0 Å². The minimum atomic E-state index is 0.289. The minimum absolute atomic E-state index is 0.289. The van der Waals surface area contributed by atoms with Crippen LogP contribution in [0.3, 0.4) is 0 Å². The van der Waals surface area contributed by atoms with Gasteiger partial charge in [0, 0.05) is 12.6 Å². The Kier molecular flexibility index (Phi) is 6.12. The summed E-state index contributed by atoms with van der Waals surface area (Å²) >= 11 is 0. The van der Waals surface area contributed by atoms with Gasteiger partial charge in [0.25, 0.3) is 0 Å². The van der Waals surface area contributed by atoms with Gasteiger partial charge in [-0.3, -0.25) is 0 Å². The summed E-state index contributed by atoms with van der Waals surface area (Å²) in [5.41, 5.74) is 7.50. The summed E-state index contributed by atoms with van der Waals surface area (Å²) in [4.78, 5) is 2.32. The second-order valence-electron chi connectivity index (χ2n) is 4.55. The first-order valence-corrected chi connectivity index (χ1v) is 6.20. The third-order valence-electron chi connectivity index (χ3n) is 2.80. The molecular formula is C14H24N2. The summed E-state index contributed by atoms with van der Waals surface area (Å²) in [5.74, 6) is 0. The van der Waals surface area contributed by atoms with Gasteiger partial charge in [0.1, 0.15) is 0 Å². The number of rotatable bonds is 7. The normalized spacial score (nSPS) is 13.0. The molecule has 1 atom stereocenters. The number of nitrogens with zero attached hydrogens (tertiary/aromatic N) is 1. The lowest BCUT2D eigenvalue weighted by atomic mass is 10.1. The maximum absolute atomic E-state index is 6.11. The molecule has 0 spiro atoms. The van der Waals surface area contributed by atoms with Crippen molar-refractivity contribution in [3.8, 4) is 0 Å². The molecular weight excluding hydrogens is 196 g/mol. The molecule has 1 rings (SSSR count). The number of nitrogens with two attached hydrogens (primary N) is 1. The van der Waals surface area contributed by atoms with E-state index < -0.39 is 0 Å². The summed E-state index contributed by atoms with van der Waals surface area (Å²) in [6, 6.07) is 10.9. The zero-order valence-corrected chi connectivity index (χ0v) is 10.5. The van der Waals surface area contributed by atoms with Crippen molar-refractivity contribution in [2.24, 2.45) is 5.73 Å². The van der Waals surface area contributed by atoms with Crippen LogP contribution in [0.25, 0.3) is 0 Å². The highest BCUT2D eigenvalue weighted by Crippen LogP contribution is 2.04. The quantitative estimate of drug-likeness (QED) is 0.764. The second-order valence-corrected chi connectivity index (χ2v) is 4.55. The Morgan fingerprint density at radius 1 is 1.25 bits per heavy atom. The molecule has 0 aliphatic carbocycles. The highest BCUT2D eigenvalue weighted by atomic mass is 15.1. The zero-order valence-electron chi connectivity index (χ0n) is 10.5. The smallest absolute Gasteiger partial charge is 0.0170 e. The maximum Gasteiger partial charge on any atom is 0.0170 e. The van der Waals surface area contributed by atoms with Crippen LogP contribution < -0.4 is 5.73 Å². The first kappa shape index (κ1) is 13.2. The third-order valence-corrected chi connectivity index (χ3v) is 2.80. The molecule has 0 fully saturated rings. The number of aryl methyl sites for hydroxylation is 1. The molecule has 90 valence electrons. The predicted octanol–water partition coefficient (Wildman–Crippen LogP) is 2.29. The van der Waals surface area contributed by atoms with Gasteiger partial charge in [-0.1, -0.05) is 37.3 Å². The Morgan fingerprint density at radius 3 is 2.56 bits per heavy atom. The van der Waals surface area contributed by atoms with Crippen LogP contribution in [0.15, 0.2) is 30.3 Å². The molecule has 1 aromatic rings. The zero-order chi connectivity index (χ0) is 11.8. The molecule has 0 aliphatic heterocycles. The van der Waals surface area contributed by atoms with Crippen molar-refractivity contribution in [1.82, 2.24) is 4.90 Å². The van der Waals surface area contributed by atoms with E-state index in [1.165, 1.54) is 12.0 Å². The standard InChI is InChI=1S/C14H24N2/c1-3-11-16(2)12-14(15)10-9-13-7-5-4-6-8-13/h4-8,14H,3,9-12,15H2,1-2H3. The molecule has 0 saturated carbocycles. The van der Waals surface area contributed by atoms with E-state index in [1.54, 1.807) is 0 Å². The van der Waals surface area contributed by atoms with Crippen molar-refractivity contribution < 1.29 is 0 Å². The average molecular weight is 220 g/mol. The molecule has 2 heteroatoms. The van der Waals surface area contributed by atoms with E-state index in [0.29, 0.717) is 0 Å². The Morgan fingerprint density at radius 2 is 1.94 bits per heavy atom. The van der Waals surface area contributed by atoms with Crippen molar-refractivity contribution >= 4 is 0 Å². The third kappa shape index (κ3) is 5.29. The Balaban J connectivity index is 2.22. The van der Waals surface area contributed by atoms with E-state index >= 15 is 0 Å². The van der Waals surface area contributed by atoms with E-state index in [-0.39, 0.29) is 6.04 Å². The van der Waals surface area contributed by atoms with Crippen molar-refractivity contribution in [3.63, 3.8) is 0 Å². The highest BCUT2D eigenvalue weighted by molar-refractivity contribution is 5.14. The Hall–Kier alpha value is -0.860. The topological polar surface area (TPSA) is 29.3 Å². The van der Waals surface area contributed by atoms with Gasteiger partial charge in [-0.05, 0) is 38.4 Å². The van der Waals surface area contributed by atoms with Gasteiger partial charge in [0.2, 0.25) is 0 Å². The van der Waals surface area contributed by atoms with Crippen molar-refractivity contribution in [2.75, 3.05) is 20.1 Å². The molecule has 1 unspecified atom stereocenters. The molecule has 0 aliphatic rings. The molecule has 1 aromatic carbocycles. The van der Waals surface area contributed by atoms with Gasteiger partial charge in [0.05, 0.1) is 0 Å². The van der Waals surface area contributed by atoms with Crippen LogP contribution in [0, 0.1) is 0 Å². The summed E-state index contributed by atoms with van der Waals surface area (Å²) < 4.78 is 0. The largest absolute Gasteiger partial charge is 0.327 e.